The highest BCUT2D eigenvalue weighted by Crippen LogP contribution is 2.12. The molecule has 0 aliphatic rings. The SMILES string of the molecule is C=C(C)C(=O)OCCNC(=O)OC(C)(C)S.CC.CCC(C)C.CO. The summed E-state index contributed by atoms with van der Waals surface area (Å²) in [7, 11) is 1.00. The second-order valence-electron chi connectivity index (χ2n) is 5.48. The van der Waals surface area contributed by atoms with Crippen LogP contribution in [0.3, 0.4) is 0 Å². The van der Waals surface area contributed by atoms with Crippen LogP contribution in [0.5, 0.6) is 0 Å². The molecule has 0 aromatic carbocycles. The second kappa shape index (κ2) is 20.8. The molecule has 2 N–H and O–H groups in total. The van der Waals surface area contributed by atoms with Crippen LogP contribution in [0.2, 0.25) is 0 Å². The van der Waals surface area contributed by atoms with Crippen molar-refractivity contribution in [1.29, 1.82) is 0 Å². The minimum atomic E-state index is -0.835. The summed E-state index contributed by atoms with van der Waals surface area (Å²) in [4.78, 5) is 21.2. The van der Waals surface area contributed by atoms with Crippen LogP contribution in [0.25, 0.3) is 0 Å². The molecule has 0 fully saturated rings. The number of aliphatic hydroxyl groups is 1. The molecule has 0 saturated heterocycles. The number of nitrogens with one attached hydrogen (secondary N) is 1. The molecule has 0 radical (unpaired) electrons. The number of rotatable bonds is 6. The van der Waals surface area contributed by atoms with Crippen LogP contribution in [0.1, 0.15) is 61.8 Å². The van der Waals surface area contributed by atoms with E-state index in [0.29, 0.717) is 5.57 Å². The Hall–Kier alpha value is -1.21. The number of hydrogen-bond acceptors (Lipinski definition) is 6. The van der Waals surface area contributed by atoms with Gasteiger partial charge in [0.15, 0.2) is 4.93 Å². The van der Waals surface area contributed by atoms with E-state index in [9.17, 15) is 9.59 Å². The maximum atomic E-state index is 11.1. The van der Waals surface area contributed by atoms with Gasteiger partial charge in [-0.15, -0.1) is 12.6 Å². The van der Waals surface area contributed by atoms with Gasteiger partial charge in [-0.05, 0) is 26.7 Å². The molecule has 0 aliphatic carbocycles. The van der Waals surface area contributed by atoms with Crippen molar-refractivity contribution >= 4 is 24.7 Å². The standard InChI is InChI=1S/C10H17NO4S.C5H12.C2H6.CH4O/c1-7(2)8(12)14-6-5-11-9(13)15-10(3,4)16;1-4-5(2)3;2*1-2/h16H,1,5-6H2,2-4H3,(H,11,13);5H,4H2,1-3H3;1-2H3;2H,1H3. The summed E-state index contributed by atoms with van der Waals surface area (Å²) in [5.41, 5.74) is 0.319. The number of hydrogen-bond donors (Lipinski definition) is 3. The lowest BCUT2D eigenvalue weighted by atomic mass is 10.2. The van der Waals surface area contributed by atoms with Gasteiger partial charge in [-0.2, -0.15) is 0 Å². The summed E-state index contributed by atoms with van der Waals surface area (Å²) in [5, 5.41) is 9.42. The molecule has 25 heavy (non-hydrogen) atoms. The summed E-state index contributed by atoms with van der Waals surface area (Å²) >= 11 is 4.02. The van der Waals surface area contributed by atoms with Gasteiger partial charge in [0.2, 0.25) is 0 Å². The van der Waals surface area contributed by atoms with E-state index in [2.05, 4.69) is 45.3 Å². The van der Waals surface area contributed by atoms with Crippen molar-refractivity contribution in [1.82, 2.24) is 5.32 Å². The molecule has 0 unspecified atom stereocenters. The van der Waals surface area contributed by atoms with Crippen LogP contribution in [0, 0.1) is 5.92 Å². The van der Waals surface area contributed by atoms with Gasteiger partial charge >= 0.3 is 12.1 Å². The number of carbonyl (C=O) groups is 2. The molecule has 0 atom stereocenters. The van der Waals surface area contributed by atoms with Crippen molar-refractivity contribution in [2.24, 2.45) is 5.92 Å². The van der Waals surface area contributed by atoms with E-state index in [-0.39, 0.29) is 13.2 Å². The monoisotopic (exact) mass is 381 g/mol. The van der Waals surface area contributed by atoms with Gasteiger partial charge in [0.25, 0.3) is 0 Å². The Morgan fingerprint density at radius 1 is 1.24 bits per heavy atom. The molecule has 0 aromatic heterocycles. The van der Waals surface area contributed by atoms with E-state index < -0.39 is 17.0 Å². The van der Waals surface area contributed by atoms with Crippen molar-refractivity contribution < 1.29 is 24.2 Å². The molecule has 0 heterocycles. The van der Waals surface area contributed by atoms with E-state index in [0.717, 1.165) is 13.0 Å². The highest BCUT2D eigenvalue weighted by atomic mass is 32.1. The molecule has 7 heteroatoms. The third-order valence-corrected chi connectivity index (χ3v) is 2.20. The Kier molecular flexibility index (Phi) is 26.3. The Balaban J connectivity index is -0.000000205. The summed E-state index contributed by atoms with van der Waals surface area (Å²) in [6, 6.07) is 0. The molecule has 152 valence electrons. The van der Waals surface area contributed by atoms with E-state index in [1.54, 1.807) is 20.8 Å². The highest BCUT2D eigenvalue weighted by molar-refractivity contribution is 7.81. The predicted molar refractivity (Wildman–Crippen MR) is 108 cm³/mol. The van der Waals surface area contributed by atoms with Gasteiger partial charge in [0.05, 0.1) is 6.54 Å². The molecule has 0 spiro atoms. The van der Waals surface area contributed by atoms with Crippen molar-refractivity contribution in [3.05, 3.63) is 12.2 Å². The summed E-state index contributed by atoms with van der Waals surface area (Å²) < 4.78 is 9.60. The first kappa shape index (κ1) is 31.5. The summed E-state index contributed by atoms with van der Waals surface area (Å²) in [6.07, 6.45) is 0.700. The summed E-state index contributed by atoms with van der Waals surface area (Å²) in [5.74, 6) is 0.402. The second-order valence-corrected chi connectivity index (χ2v) is 6.56. The maximum absolute atomic E-state index is 11.1. The van der Waals surface area contributed by atoms with Crippen molar-refractivity contribution in [2.75, 3.05) is 20.3 Å². The Morgan fingerprint density at radius 3 is 1.92 bits per heavy atom. The number of amides is 1. The first-order valence-corrected chi connectivity index (χ1v) is 8.90. The van der Waals surface area contributed by atoms with Crippen LogP contribution in [-0.2, 0) is 14.3 Å². The van der Waals surface area contributed by atoms with Gasteiger partial charge in [-0.25, -0.2) is 9.59 Å². The molecule has 0 bridgehead atoms. The normalized spacial score (nSPS) is 9.12. The number of thiol groups is 1. The van der Waals surface area contributed by atoms with Gasteiger partial charge in [0, 0.05) is 12.7 Å². The quantitative estimate of drug-likeness (QED) is 0.211. The number of aliphatic hydroxyl groups excluding tert-OH is 1. The minimum Gasteiger partial charge on any atom is -0.460 e. The van der Waals surface area contributed by atoms with Crippen LogP contribution in [-0.4, -0.2) is 42.4 Å². The zero-order valence-electron chi connectivity index (χ0n) is 17.4. The van der Waals surface area contributed by atoms with E-state index in [4.69, 9.17) is 14.6 Å². The fraction of sp³-hybridized carbons (Fsp3) is 0.778. The Bertz CT molecular complexity index is 339. The van der Waals surface area contributed by atoms with E-state index in [1.165, 1.54) is 6.42 Å². The zero-order valence-corrected chi connectivity index (χ0v) is 18.3. The van der Waals surface area contributed by atoms with Crippen LogP contribution in [0.4, 0.5) is 4.79 Å². The third kappa shape index (κ3) is 34.9. The molecule has 0 rings (SSSR count). The van der Waals surface area contributed by atoms with Crippen LogP contribution in [0.15, 0.2) is 12.2 Å². The van der Waals surface area contributed by atoms with Gasteiger partial charge in [0.1, 0.15) is 6.61 Å². The minimum absolute atomic E-state index is 0.0772. The topological polar surface area (TPSA) is 84.9 Å². The first-order chi connectivity index (χ1) is 11.5. The smallest absolute Gasteiger partial charge is 0.408 e. The Morgan fingerprint density at radius 2 is 1.64 bits per heavy atom. The molecule has 0 saturated carbocycles. The van der Waals surface area contributed by atoms with Gasteiger partial charge in [-0.1, -0.05) is 47.6 Å². The lowest BCUT2D eigenvalue weighted by molar-refractivity contribution is -0.138. The van der Waals surface area contributed by atoms with E-state index in [1.807, 2.05) is 13.8 Å². The Labute approximate surface area is 159 Å². The number of ether oxygens (including phenoxy) is 2. The molecular weight excluding hydrogens is 342 g/mol. The van der Waals surface area contributed by atoms with Gasteiger partial charge in [-0.3, -0.25) is 0 Å². The maximum Gasteiger partial charge on any atom is 0.408 e. The largest absolute Gasteiger partial charge is 0.460 e. The lowest BCUT2D eigenvalue weighted by Crippen LogP contribution is -2.33. The molecular formula is C18H39NO5S. The zero-order chi connectivity index (χ0) is 21.1. The van der Waals surface area contributed by atoms with Crippen molar-refractivity contribution in [3.63, 3.8) is 0 Å². The molecule has 1 amide bonds. The fourth-order valence-corrected chi connectivity index (χ4v) is 0.766. The number of carbonyl (C=O) groups excluding carboxylic acids is 2. The average molecular weight is 382 g/mol. The van der Waals surface area contributed by atoms with Gasteiger partial charge < -0.3 is 19.9 Å². The molecule has 0 aliphatic heterocycles. The summed E-state index contributed by atoms with van der Waals surface area (Å²) in [6.45, 7) is 19.1. The van der Waals surface area contributed by atoms with Crippen LogP contribution < -0.4 is 5.32 Å². The number of esters is 1. The van der Waals surface area contributed by atoms with Crippen molar-refractivity contribution in [3.8, 4) is 0 Å². The predicted octanol–water partition coefficient (Wildman–Crippen LogP) is 4.18. The third-order valence-electron chi connectivity index (χ3n) is 2.11. The lowest BCUT2D eigenvalue weighted by Gasteiger charge is -2.18. The number of alkyl carbamates (subject to hydrolysis) is 1. The molecule has 0 aromatic rings. The van der Waals surface area contributed by atoms with Crippen molar-refractivity contribution in [2.45, 2.75) is 66.7 Å². The molecule has 6 nitrogen and oxygen atoms in total. The fourth-order valence-electron chi connectivity index (χ4n) is 0.683. The van der Waals surface area contributed by atoms with Crippen LogP contribution >= 0.6 is 12.6 Å². The average Bonchev–Trinajstić information content (AvgIpc) is 2.54. The first-order valence-electron chi connectivity index (χ1n) is 8.46. The highest BCUT2D eigenvalue weighted by Gasteiger charge is 2.16. The van der Waals surface area contributed by atoms with E-state index >= 15 is 0 Å².